The Balaban J connectivity index is 1.25. The highest BCUT2D eigenvalue weighted by Crippen LogP contribution is 2.42. The molecule has 0 bridgehead atoms. The largest absolute Gasteiger partial charge is 0.493 e. The predicted molar refractivity (Wildman–Crippen MR) is 144 cm³/mol. The van der Waals surface area contributed by atoms with Crippen LogP contribution in [0.15, 0.2) is 54.6 Å². The van der Waals surface area contributed by atoms with Gasteiger partial charge >= 0.3 is 0 Å². The van der Waals surface area contributed by atoms with Gasteiger partial charge in [-0.2, -0.15) is 0 Å². The van der Waals surface area contributed by atoms with Crippen molar-refractivity contribution in [3.63, 3.8) is 0 Å². The summed E-state index contributed by atoms with van der Waals surface area (Å²) in [4.78, 5) is 42.5. The van der Waals surface area contributed by atoms with Gasteiger partial charge in [0.05, 0.1) is 43.5 Å². The van der Waals surface area contributed by atoms with Gasteiger partial charge in [-0.15, -0.1) is 0 Å². The van der Waals surface area contributed by atoms with Gasteiger partial charge in [0.25, 0.3) is 17.7 Å². The molecule has 3 aromatic carbocycles. The molecular formula is C31H30N2O6. The maximum absolute atomic E-state index is 13.7. The fourth-order valence-electron chi connectivity index (χ4n) is 5.89. The quantitative estimate of drug-likeness (QED) is 0.434. The summed E-state index contributed by atoms with van der Waals surface area (Å²) in [5, 5.41) is 9.41. The van der Waals surface area contributed by atoms with E-state index in [4.69, 9.17) is 9.47 Å². The SMILES string of the molecule is COc1ccc(N2C(=O)c3cc(CN4C(=O)c5ccc(CO)cc5C4=O)ccc3C2C)cc1OC1CCCC1. The van der Waals surface area contributed by atoms with Gasteiger partial charge in [0.15, 0.2) is 11.5 Å². The van der Waals surface area contributed by atoms with Crippen molar-refractivity contribution < 1.29 is 29.0 Å². The molecule has 3 aromatic rings. The lowest BCUT2D eigenvalue weighted by molar-refractivity contribution is 0.0642. The van der Waals surface area contributed by atoms with Gasteiger partial charge in [0, 0.05) is 17.3 Å². The zero-order chi connectivity index (χ0) is 27.3. The van der Waals surface area contributed by atoms with E-state index in [2.05, 4.69) is 0 Å². The van der Waals surface area contributed by atoms with Gasteiger partial charge in [-0.1, -0.05) is 18.2 Å². The minimum atomic E-state index is -0.403. The van der Waals surface area contributed by atoms with Crippen molar-refractivity contribution in [3.8, 4) is 11.5 Å². The minimum absolute atomic E-state index is 0.0532. The van der Waals surface area contributed by atoms with Gasteiger partial charge in [0.1, 0.15) is 0 Å². The number of methoxy groups -OCH3 is 1. The number of carbonyl (C=O) groups is 3. The standard InChI is InChI=1S/C31H30N2O6/c1-18-23-10-7-19(16-32-29(35)24-11-8-20(17-34)14-26(24)30(32)36)13-25(23)31(37)33(18)21-9-12-27(38-2)28(15-21)39-22-5-3-4-6-22/h7-15,18,22,34H,3-6,16-17H2,1-2H3. The molecule has 0 radical (unpaired) electrons. The van der Waals surface area contributed by atoms with Crippen LogP contribution < -0.4 is 14.4 Å². The molecule has 0 saturated heterocycles. The smallest absolute Gasteiger partial charge is 0.261 e. The molecule has 39 heavy (non-hydrogen) atoms. The summed E-state index contributed by atoms with van der Waals surface area (Å²) < 4.78 is 11.8. The number of nitrogens with zero attached hydrogens (tertiary/aromatic N) is 2. The number of aliphatic hydroxyl groups excluding tert-OH is 1. The van der Waals surface area contributed by atoms with E-state index in [1.54, 1.807) is 36.3 Å². The topological polar surface area (TPSA) is 96.4 Å². The van der Waals surface area contributed by atoms with Gasteiger partial charge in [-0.25, -0.2) is 0 Å². The number of amides is 3. The third-order valence-electron chi connectivity index (χ3n) is 7.98. The third-order valence-corrected chi connectivity index (χ3v) is 7.98. The van der Waals surface area contributed by atoms with E-state index < -0.39 is 5.91 Å². The van der Waals surface area contributed by atoms with Crippen molar-refractivity contribution >= 4 is 23.4 Å². The highest BCUT2D eigenvalue weighted by molar-refractivity contribution is 6.21. The Morgan fingerprint density at radius 2 is 1.54 bits per heavy atom. The Labute approximate surface area is 226 Å². The van der Waals surface area contributed by atoms with E-state index in [-0.39, 0.29) is 37.1 Å². The fourth-order valence-corrected chi connectivity index (χ4v) is 5.89. The van der Waals surface area contributed by atoms with Crippen LogP contribution in [0, 0.1) is 0 Å². The number of fused-ring (bicyclic) bond motifs is 2. The van der Waals surface area contributed by atoms with Crippen LogP contribution in [0.5, 0.6) is 11.5 Å². The molecule has 8 heteroatoms. The summed E-state index contributed by atoms with van der Waals surface area (Å²) in [5.74, 6) is 0.339. The Morgan fingerprint density at radius 1 is 0.821 bits per heavy atom. The third kappa shape index (κ3) is 4.25. The van der Waals surface area contributed by atoms with E-state index in [9.17, 15) is 19.5 Å². The number of rotatable bonds is 7. The van der Waals surface area contributed by atoms with Crippen LogP contribution in [0.1, 0.15) is 86.4 Å². The number of hydrogen-bond donors (Lipinski definition) is 1. The van der Waals surface area contributed by atoms with E-state index in [0.717, 1.165) is 36.9 Å². The summed E-state index contributed by atoms with van der Waals surface area (Å²) in [6.45, 7) is 1.82. The summed E-state index contributed by atoms with van der Waals surface area (Å²) in [5.41, 5.74) is 4.03. The molecule has 2 heterocycles. The Hall–Kier alpha value is -4.17. The van der Waals surface area contributed by atoms with E-state index in [1.165, 1.54) is 4.90 Å². The first-order valence-corrected chi connectivity index (χ1v) is 13.3. The molecular weight excluding hydrogens is 496 g/mol. The molecule has 3 aliphatic rings. The molecule has 200 valence electrons. The first-order chi connectivity index (χ1) is 18.9. The Morgan fingerprint density at radius 3 is 2.28 bits per heavy atom. The van der Waals surface area contributed by atoms with Gasteiger partial charge in [-0.3, -0.25) is 19.3 Å². The first kappa shape index (κ1) is 25.1. The van der Waals surface area contributed by atoms with Crippen molar-refractivity contribution in [2.45, 2.75) is 57.9 Å². The second kappa shape index (κ2) is 9.85. The molecule has 0 spiro atoms. The Bertz CT molecular complexity index is 1490. The highest BCUT2D eigenvalue weighted by Gasteiger charge is 2.38. The number of anilines is 1. The van der Waals surface area contributed by atoms with Crippen molar-refractivity contribution in [3.05, 3.63) is 88.0 Å². The van der Waals surface area contributed by atoms with Gasteiger partial charge in [-0.05, 0) is 79.6 Å². The van der Waals surface area contributed by atoms with E-state index >= 15 is 0 Å². The highest BCUT2D eigenvalue weighted by atomic mass is 16.5. The second-order valence-electron chi connectivity index (χ2n) is 10.4. The zero-order valence-electron chi connectivity index (χ0n) is 22.0. The summed E-state index contributed by atoms with van der Waals surface area (Å²) in [7, 11) is 1.61. The maximum Gasteiger partial charge on any atom is 0.261 e. The molecule has 1 atom stereocenters. The molecule has 1 N–H and O–H groups in total. The molecule has 6 rings (SSSR count). The predicted octanol–water partition coefficient (Wildman–Crippen LogP) is 5.03. The summed E-state index contributed by atoms with van der Waals surface area (Å²) in [6, 6.07) is 15.7. The Kier molecular flexibility index (Phi) is 6.35. The molecule has 2 aliphatic heterocycles. The lowest BCUT2D eigenvalue weighted by Crippen LogP contribution is -2.29. The lowest BCUT2D eigenvalue weighted by Gasteiger charge is -2.24. The number of ether oxygens (including phenoxy) is 2. The molecule has 1 fully saturated rings. The number of imide groups is 1. The van der Waals surface area contributed by atoms with Crippen LogP contribution in [0.3, 0.4) is 0 Å². The summed E-state index contributed by atoms with van der Waals surface area (Å²) in [6.07, 6.45) is 4.47. The maximum atomic E-state index is 13.7. The van der Waals surface area contributed by atoms with Crippen LogP contribution in [0.2, 0.25) is 0 Å². The number of hydrogen-bond acceptors (Lipinski definition) is 6. The van der Waals surface area contributed by atoms with Gasteiger partial charge < -0.3 is 19.5 Å². The molecule has 1 aliphatic carbocycles. The molecule has 3 amide bonds. The number of carbonyl (C=O) groups excluding carboxylic acids is 3. The monoisotopic (exact) mass is 526 g/mol. The average Bonchev–Trinajstić information content (AvgIpc) is 3.62. The van der Waals surface area contributed by atoms with Crippen LogP contribution in [-0.2, 0) is 13.2 Å². The first-order valence-electron chi connectivity index (χ1n) is 13.3. The molecule has 1 unspecified atom stereocenters. The average molecular weight is 527 g/mol. The minimum Gasteiger partial charge on any atom is -0.493 e. The van der Waals surface area contributed by atoms with Crippen LogP contribution in [0.25, 0.3) is 0 Å². The normalized spacial score (nSPS) is 18.6. The van der Waals surface area contributed by atoms with Crippen LogP contribution >= 0.6 is 0 Å². The van der Waals surface area contributed by atoms with Crippen LogP contribution in [-0.4, -0.2) is 40.9 Å². The lowest BCUT2D eigenvalue weighted by atomic mass is 10.0. The zero-order valence-corrected chi connectivity index (χ0v) is 22.0. The van der Waals surface area contributed by atoms with Crippen molar-refractivity contribution in [1.29, 1.82) is 0 Å². The van der Waals surface area contributed by atoms with Crippen molar-refractivity contribution in [2.75, 3.05) is 12.0 Å². The molecule has 1 saturated carbocycles. The van der Waals surface area contributed by atoms with Crippen molar-refractivity contribution in [2.24, 2.45) is 0 Å². The summed E-state index contributed by atoms with van der Waals surface area (Å²) >= 11 is 0. The fraction of sp³-hybridized carbons (Fsp3) is 0.323. The van der Waals surface area contributed by atoms with E-state index in [0.29, 0.717) is 39.3 Å². The van der Waals surface area contributed by atoms with Crippen LogP contribution in [0.4, 0.5) is 5.69 Å². The van der Waals surface area contributed by atoms with Gasteiger partial charge in [0.2, 0.25) is 0 Å². The second-order valence-corrected chi connectivity index (χ2v) is 10.4. The molecule has 0 aromatic heterocycles. The van der Waals surface area contributed by atoms with E-state index in [1.807, 2.05) is 37.3 Å². The number of aliphatic hydroxyl groups is 1. The van der Waals surface area contributed by atoms with Crippen molar-refractivity contribution in [1.82, 2.24) is 4.90 Å². The molecule has 8 nitrogen and oxygen atoms in total. The number of benzene rings is 3.